The second-order valence-electron chi connectivity index (χ2n) is 7.57. The molecule has 0 spiro atoms. The molecule has 0 bridgehead atoms. The van der Waals surface area contributed by atoms with Gasteiger partial charge in [-0.15, -0.1) is 0 Å². The fraction of sp³-hybridized carbons (Fsp3) is 0.269. The molecular formula is C26H28N2O. The molecule has 0 aliphatic carbocycles. The number of fused-ring (bicyclic) bond motifs is 1. The summed E-state index contributed by atoms with van der Waals surface area (Å²) in [7, 11) is 1.76. The molecule has 4 aromatic rings. The molecular weight excluding hydrogens is 356 g/mol. The number of aromatic nitrogens is 2. The molecule has 0 fully saturated rings. The van der Waals surface area contributed by atoms with Crippen molar-refractivity contribution in [1.82, 2.24) is 9.97 Å². The zero-order valence-corrected chi connectivity index (χ0v) is 17.0. The number of benzene rings is 3. The fourth-order valence-electron chi connectivity index (χ4n) is 3.88. The van der Waals surface area contributed by atoms with Crippen LogP contribution in [0.2, 0.25) is 0 Å². The maximum atomic E-state index is 5.30. The van der Waals surface area contributed by atoms with E-state index in [1.807, 2.05) is 6.20 Å². The predicted molar refractivity (Wildman–Crippen MR) is 120 cm³/mol. The second-order valence-corrected chi connectivity index (χ2v) is 7.57. The molecule has 4 rings (SSSR count). The highest BCUT2D eigenvalue weighted by Gasteiger charge is 2.05. The van der Waals surface area contributed by atoms with Gasteiger partial charge in [0.1, 0.15) is 5.82 Å². The third kappa shape index (κ3) is 4.93. The normalized spacial score (nSPS) is 11.2. The van der Waals surface area contributed by atoms with E-state index >= 15 is 0 Å². The minimum atomic E-state index is 0.695. The average molecular weight is 385 g/mol. The van der Waals surface area contributed by atoms with Crippen LogP contribution in [0, 0.1) is 0 Å². The van der Waals surface area contributed by atoms with Crippen molar-refractivity contribution >= 4 is 10.8 Å². The molecule has 0 atom stereocenters. The topological polar surface area (TPSA) is 37.9 Å². The van der Waals surface area contributed by atoms with E-state index in [9.17, 15) is 0 Å². The Labute approximate surface area is 172 Å². The highest BCUT2D eigenvalue weighted by atomic mass is 16.5. The van der Waals surface area contributed by atoms with E-state index in [1.54, 1.807) is 7.11 Å². The molecule has 1 heterocycles. The monoisotopic (exact) mass is 384 g/mol. The summed E-state index contributed by atoms with van der Waals surface area (Å²) in [6.45, 7) is 0.695. The van der Waals surface area contributed by atoms with Crippen LogP contribution < -0.4 is 0 Å². The number of unbranched alkanes of at least 4 members (excludes halogenated alkanes) is 2. The average Bonchev–Trinajstić information content (AvgIpc) is 3.23. The van der Waals surface area contributed by atoms with Crippen molar-refractivity contribution in [2.75, 3.05) is 7.11 Å². The van der Waals surface area contributed by atoms with Gasteiger partial charge in [-0.1, -0.05) is 67.1 Å². The third-order valence-electron chi connectivity index (χ3n) is 5.47. The molecule has 1 aromatic heterocycles. The van der Waals surface area contributed by atoms with Crippen molar-refractivity contribution in [3.05, 3.63) is 89.9 Å². The largest absolute Gasteiger partial charge is 0.380 e. The quantitative estimate of drug-likeness (QED) is 0.342. The summed E-state index contributed by atoms with van der Waals surface area (Å²) in [5.74, 6) is 1.08. The molecule has 0 unspecified atom stereocenters. The Kier molecular flexibility index (Phi) is 6.38. The first-order valence-corrected chi connectivity index (χ1v) is 10.4. The molecule has 0 aliphatic rings. The number of hydrogen-bond acceptors (Lipinski definition) is 2. The minimum Gasteiger partial charge on any atom is -0.380 e. The van der Waals surface area contributed by atoms with Gasteiger partial charge in [-0.25, -0.2) is 4.98 Å². The zero-order chi connectivity index (χ0) is 19.9. The lowest BCUT2D eigenvalue weighted by molar-refractivity contribution is 0.184. The first-order valence-electron chi connectivity index (χ1n) is 10.4. The first-order chi connectivity index (χ1) is 14.3. The van der Waals surface area contributed by atoms with Crippen LogP contribution in [-0.4, -0.2) is 17.1 Å². The number of rotatable bonds is 9. The summed E-state index contributed by atoms with van der Waals surface area (Å²) >= 11 is 0. The summed E-state index contributed by atoms with van der Waals surface area (Å²) < 4.78 is 5.30. The van der Waals surface area contributed by atoms with Crippen LogP contribution in [-0.2, 0) is 24.2 Å². The lowest BCUT2D eigenvalue weighted by Crippen LogP contribution is -1.96. The Morgan fingerprint density at radius 1 is 0.793 bits per heavy atom. The van der Waals surface area contributed by atoms with Crippen LogP contribution in [0.1, 0.15) is 36.2 Å². The van der Waals surface area contributed by atoms with E-state index in [-0.39, 0.29) is 0 Å². The first kappa shape index (κ1) is 19.4. The van der Waals surface area contributed by atoms with E-state index < -0.39 is 0 Å². The van der Waals surface area contributed by atoms with Gasteiger partial charge < -0.3 is 9.72 Å². The van der Waals surface area contributed by atoms with E-state index in [0.29, 0.717) is 6.61 Å². The summed E-state index contributed by atoms with van der Waals surface area (Å²) in [6.07, 6.45) is 7.61. The van der Waals surface area contributed by atoms with Crippen molar-refractivity contribution < 1.29 is 4.74 Å². The summed E-state index contributed by atoms with van der Waals surface area (Å²) in [5, 5.41) is 2.53. The van der Waals surface area contributed by atoms with Crippen molar-refractivity contribution in [3.8, 4) is 11.3 Å². The maximum Gasteiger partial charge on any atom is 0.106 e. The number of methoxy groups -OCH3 is 1. The smallest absolute Gasteiger partial charge is 0.106 e. The van der Waals surface area contributed by atoms with Crippen molar-refractivity contribution in [3.63, 3.8) is 0 Å². The number of nitrogens with one attached hydrogen (secondary N) is 1. The van der Waals surface area contributed by atoms with E-state index in [4.69, 9.17) is 4.74 Å². The van der Waals surface area contributed by atoms with Gasteiger partial charge in [-0.3, -0.25) is 0 Å². The van der Waals surface area contributed by atoms with Gasteiger partial charge in [-0.05, 0) is 47.2 Å². The predicted octanol–water partition coefficient (Wildman–Crippen LogP) is 6.33. The SMILES string of the molecule is COCc1ccccc1CCCCCc1ncc(-c2ccc3ccccc3c2)[nH]1. The number of ether oxygens (including phenoxy) is 1. The molecule has 0 saturated heterocycles. The van der Waals surface area contributed by atoms with E-state index in [1.165, 1.54) is 40.3 Å². The number of imidazole rings is 1. The van der Waals surface area contributed by atoms with Gasteiger partial charge in [0.05, 0.1) is 18.5 Å². The molecule has 0 aliphatic heterocycles. The lowest BCUT2D eigenvalue weighted by atomic mass is 10.0. The lowest BCUT2D eigenvalue weighted by Gasteiger charge is -2.08. The second kappa shape index (κ2) is 9.53. The Morgan fingerprint density at radius 2 is 1.55 bits per heavy atom. The molecule has 3 heteroatoms. The Morgan fingerprint density at radius 3 is 2.41 bits per heavy atom. The van der Waals surface area contributed by atoms with Crippen LogP contribution in [0.4, 0.5) is 0 Å². The van der Waals surface area contributed by atoms with E-state index in [2.05, 4.69) is 76.7 Å². The van der Waals surface area contributed by atoms with Gasteiger partial charge in [0.15, 0.2) is 0 Å². The Balaban J connectivity index is 1.28. The van der Waals surface area contributed by atoms with Gasteiger partial charge in [-0.2, -0.15) is 0 Å². The van der Waals surface area contributed by atoms with Gasteiger partial charge >= 0.3 is 0 Å². The van der Waals surface area contributed by atoms with Crippen molar-refractivity contribution in [2.45, 2.75) is 38.7 Å². The summed E-state index contributed by atoms with van der Waals surface area (Å²) in [4.78, 5) is 8.10. The number of H-pyrrole nitrogens is 1. The molecule has 148 valence electrons. The third-order valence-corrected chi connectivity index (χ3v) is 5.47. The summed E-state index contributed by atoms with van der Waals surface area (Å²) in [6, 6.07) is 23.6. The number of aromatic amines is 1. The zero-order valence-electron chi connectivity index (χ0n) is 17.0. The van der Waals surface area contributed by atoms with Crippen LogP contribution in [0.5, 0.6) is 0 Å². The number of hydrogen-bond donors (Lipinski definition) is 1. The molecule has 3 nitrogen and oxygen atoms in total. The Bertz CT molecular complexity index is 1070. The fourth-order valence-corrected chi connectivity index (χ4v) is 3.88. The highest BCUT2D eigenvalue weighted by Crippen LogP contribution is 2.23. The van der Waals surface area contributed by atoms with Gasteiger partial charge in [0.2, 0.25) is 0 Å². The molecule has 3 aromatic carbocycles. The molecule has 0 radical (unpaired) electrons. The van der Waals surface area contributed by atoms with Crippen LogP contribution >= 0.6 is 0 Å². The minimum absolute atomic E-state index is 0.695. The van der Waals surface area contributed by atoms with Crippen LogP contribution in [0.25, 0.3) is 22.0 Å². The van der Waals surface area contributed by atoms with Crippen molar-refractivity contribution in [1.29, 1.82) is 0 Å². The molecule has 29 heavy (non-hydrogen) atoms. The standard InChI is InChI=1S/C26H28N2O/c1-29-19-24-13-8-6-10-20(24)9-3-2-4-14-26-27-18-25(28-26)23-16-15-21-11-5-7-12-22(21)17-23/h5-8,10-13,15-18H,2-4,9,14,19H2,1H3,(H,27,28). The summed E-state index contributed by atoms with van der Waals surface area (Å²) in [5.41, 5.74) is 5.00. The number of nitrogens with zero attached hydrogens (tertiary/aromatic N) is 1. The van der Waals surface area contributed by atoms with E-state index in [0.717, 1.165) is 30.8 Å². The molecule has 0 amide bonds. The highest BCUT2D eigenvalue weighted by molar-refractivity contribution is 5.86. The maximum absolute atomic E-state index is 5.30. The molecule has 0 saturated carbocycles. The van der Waals surface area contributed by atoms with Crippen LogP contribution in [0.3, 0.4) is 0 Å². The van der Waals surface area contributed by atoms with Crippen LogP contribution in [0.15, 0.2) is 72.9 Å². The number of aryl methyl sites for hydroxylation is 2. The van der Waals surface area contributed by atoms with Gasteiger partial charge in [0.25, 0.3) is 0 Å². The van der Waals surface area contributed by atoms with Gasteiger partial charge in [0, 0.05) is 19.1 Å². The van der Waals surface area contributed by atoms with Crippen molar-refractivity contribution in [2.24, 2.45) is 0 Å². The molecule has 1 N–H and O–H groups in total. The Hall–Kier alpha value is -2.91.